The Morgan fingerprint density at radius 1 is 1.24 bits per heavy atom. The predicted octanol–water partition coefficient (Wildman–Crippen LogP) is 4.16. The second kappa shape index (κ2) is 5.52. The van der Waals surface area contributed by atoms with Crippen LogP contribution in [0, 0.1) is 6.92 Å². The third-order valence-electron chi connectivity index (χ3n) is 3.34. The van der Waals surface area contributed by atoms with E-state index in [1.807, 2.05) is 24.6 Å². The number of aryl methyl sites for hydroxylation is 3. The zero-order valence-electron chi connectivity index (χ0n) is 11.6. The number of fused-ring (bicyclic) bond motifs is 1. The van der Waals surface area contributed by atoms with Crippen molar-refractivity contribution < 1.29 is 0 Å². The Bertz CT molecular complexity index is 819. The number of rotatable bonds is 3. The van der Waals surface area contributed by atoms with Crippen molar-refractivity contribution in [3.8, 4) is 5.69 Å². The topological polar surface area (TPSA) is 35.6 Å². The minimum Gasteiger partial charge on any atom is -0.279 e. The first-order chi connectivity index (χ1) is 10.0. The Balaban J connectivity index is 2.38. The number of halogens is 3. The molecule has 2 heterocycles. The molecule has 0 atom stereocenters. The van der Waals surface area contributed by atoms with Crippen molar-refractivity contribution in [2.75, 3.05) is 5.88 Å². The van der Waals surface area contributed by atoms with Gasteiger partial charge in [0.05, 0.1) is 16.4 Å². The van der Waals surface area contributed by atoms with Crippen molar-refractivity contribution in [2.45, 2.75) is 13.3 Å². The summed E-state index contributed by atoms with van der Waals surface area (Å²) in [6.45, 7) is 1.93. The second-order valence-electron chi connectivity index (χ2n) is 4.78. The first-order valence-electron chi connectivity index (χ1n) is 6.45. The lowest BCUT2D eigenvalue weighted by molar-refractivity contribution is 0.751. The van der Waals surface area contributed by atoms with Crippen molar-refractivity contribution in [1.29, 1.82) is 0 Å². The summed E-state index contributed by atoms with van der Waals surface area (Å²) in [4.78, 5) is 4.66. The van der Waals surface area contributed by atoms with E-state index in [9.17, 15) is 0 Å². The molecule has 0 N–H and O–H groups in total. The summed E-state index contributed by atoms with van der Waals surface area (Å²) in [5.41, 5.74) is 3.40. The Morgan fingerprint density at radius 3 is 2.71 bits per heavy atom. The quantitative estimate of drug-likeness (QED) is 0.670. The summed E-state index contributed by atoms with van der Waals surface area (Å²) in [6.07, 6.45) is 0.637. The maximum Gasteiger partial charge on any atom is 0.163 e. The summed E-state index contributed by atoms with van der Waals surface area (Å²) in [5, 5.41) is 5.64. The SMILES string of the molecule is Cc1nn(C)c2c1nc(CCCl)n2-c1cc(Cl)ccc1Cl. The lowest BCUT2D eigenvalue weighted by Crippen LogP contribution is -2.06. The van der Waals surface area contributed by atoms with Crippen LogP contribution in [0.3, 0.4) is 0 Å². The third-order valence-corrected chi connectivity index (χ3v) is 4.08. The van der Waals surface area contributed by atoms with Gasteiger partial charge in [-0.15, -0.1) is 11.6 Å². The van der Waals surface area contributed by atoms with Gasteiger partial charge in [0.25, 0.3) is 0 Å². The minimum absolute atomic E-state index is 0.480. The largest absolute Gasteiger partial charge is 0.279 e. The normalized spacial score (nSPS) is 11.5. The van der Waals surface area contributed by atoms with Gasteiger partial charge in [0, 0.05) is 24.4 Å². The molecule has 0 aliphatic heterocycles. The van der Waals surface area contributed by atoms with Crippen LogP contribution in [0.15, 0.2) is 18.2 Å². The van der Waals surface area contributed by atoms with E-state index < -0.39 is 0 Å². The number of alkyl halides is 1. The van der Waals surface area contributed by atoms with Gasteiger partial charge in [-0.1, -0.05) is 23.2 Å². The molecule has 7 heteroatoms. The molecule has 0 fully saturated rings. The minimum atomic E-state index is 0.480. The molecule has 0 aliphatic rings. The van der Waals surface area contributed by atoms with E-state index in [4.69, 9.17) is 34.8 Å². The standard InChI is InChI=1S/C14H13Cl3N4/c1-8-13-14(20(2)19-8)21(12(18-13)5-6-15)11-7-9(16)3-4-10(11)17/h3-4,7H,5-6H2,1-2H3. The molecule has 0 spiro atoms. The van der Waals surface area contributed by atoms with Gasteiger partial charge in [0.1, 0.15) is 11.3 Å². The van der Waals surface area contributed by atoms with Gasteiger partial charge in [-0.2, -0.15) is 5.10 Å². The molecule has 3 rings (SSSR count). The van der Waals surface area contributed by atoms with E-state index in [1.165, 1.54) is 0 Å². The van der Waals surface area contributed by atoms with Gasteiger partial charge in [-0.05, 0) is 25.1 Å². The highest BCUT2D eigenvalue weighted by Crippen LogP contribution is 2.30. The summed E-state index contributed by atoms with van der Waals surface area (Å²) >= 11 is 18.4. The monoisotopic (exact) mass is 342 g/mol. The van der Waals surface area contributed by atoms with E-state index >= 15 is 0 Å². The average Bonchev–Trinajstić information content (AvgIpc) is 2.93. The van der Waals surface area contributed by atoms with Crippen LogP contribution in [0.2, 0.25) is 10.0 Å². The zero-order valence-corrected chi connectivity index (χ0v) is 13.8. The number of nitrogens with zero attached hydrogens (tertiary/aromatic N) is 4. The van der Waals surface area contributed by atoms with Gasteiger partial charge in [0.2, 0.25) is 0 Å². The van der Waals surface area contributed by atoms with Crippen molar-refractivity contribution in [2.24, 2.45) is 7.05 Å². The first-order valence-corrected chi connectivity index (χ1v) is 7.74. The molecule has 1 aromatic carbocycles. The molecular formula is C14H13Cl3N4. The summed E-state index contributed by atoms with van der Waals surface area (Å²) in [7, 11) is 1.89. The van der Waals surface area contributed by atoms with Crippen molar-refractivity contribution >= 4 is 46.0 Å². The van der Waals surface area contributed by atoms with Crippen LogP contribution < -0.4 is 0 Å². The van der Waals surface area contributed by atoms with E-state index in [0.29, 0.717) is 22.3 Å². The molecule has 21 heavy (non-hydrogen) atoms. The molecule has 0 amide bonds. The number of hydrogen-bond donors (Lipinski definition) is 0. The van der Waals surface area contributed by atoms with E-state index in [-0.39, 0.29) is 0 Å². The lowest BCUT2D eigenvalue weighted by Gasteiger charge is -2.11. The molecule has 110 valence electrons. The second-order valence-corrected chi connectivity index (χ2v) is 6.00. The van der Waals surface area contributed by atoms with Gasteiger partial charge >= 0.3 is 0 Å². The number of benzene rings is 1. The first kappa shape index (κ1) is 14.7. The molecular weight excluding hydrogens is 331 g/mol. The molecule has 0 saturated heterocycles. The summed E-state index contributed by atoms with van der Waals surface area (Å²) in [5.74, 6) is 1.33. The summed E-state index contributed by atoms with van der Waals surface area (Å²) in [6, 6.07) is 5.36. The number of aromatic nitrogens is 4. The lowest BCUT2D eigenvalue weighted by atomic mass is 10.3. The van der Waals surface area contributed by atoms with E-state index in [1.54, 1.807) is 16.8 Å². The zero-order chi connectivity index (χ0) is 15.1. The molecule has 2 aromatic heterocycles. The highest BCUT2D eigenvalue weighted by molar-refractivity contribution is 6.34. The van der Waals surface area contributed by atoms with Crippen molar-refractivity contribution in [3.05, 3.63) is 39.8 Å². The molecule has 0 bridgehead atoms. The number of imidazole rings is 1. The van der Waals surface area contributed by atoms with E-state index in [0.717, 1.165) is 28.4 Å². The van der Waals surface area contributed by atoms with Gasteiger partial charge in [0.15, 0.2) is 5.65 Å². The maximum absolute atomic E-state index is 6.35. The Hall–Kier alpha value is -1.23. The van der Waals surface area contributed by atoms with E-state index in [2.05, 4.69) is 10.1 Å². The maximum atomic E-state index is 6.35. The third kappa shape index (κ3) is 2.41. The van der Waals surface area contributed by atoms with Crippen LogP contribution in [0.4, 0.5) is 0 Å². The molecule has 0 unspecified atom stereocenters. The Kier molecular flexibility index (Phi) is 3.86. The van der Waals surface area contributed by atoms with Crippen molar-refractivity contribution in [3.63, 3.8) is 0 Å². The Labute approximate surface area is 137 Å². The smallest absolute Gasteiger partial charge is 0.163 e. The molecule has 0 radical (unpaired) electrons. The van der Waals surface area contributed by atoms with Crippen LogP contribution in [0.1, 0.15) is 11.5 Å². The molecule has 4 nitrogen and oxygen atoms in total. The number of hydrogen-bond acceptors (Lipinski definition) is 2. The van der Waals surface area contributed by atoms with Gasteiger partial charge < -0.3 is 0 Å². The van der Waals surface area contributed by atoms with Crippen LogP contribution in [0.25, 0.3) is 16.9 Å². The van der Waals surface area contributed by atoms with Gasteiger partial charge in [-0.3, -0.25) is 4.57 Å². The molecule has 0 aliphatic carbocycles. The van der Waals surface area contributed by atoms with Crippen molar-refractivity contribution in [1.82, 2.24) is 19.3 Å². The fourth-order valence-corrected chi connectivity index (χ4v) is 3.02. The predicted molar refractivity (Wildman–Crippen MR) is 87.0 cm³/mol. The van der Waals surface area contributed by atoms with Crippen LogP contribution >= 0.6 is 34.8 Å². The van der Waals surface area contributed by atoms with Crippen LogP contribution in [-0.4, -0.2) is 25.2 Å². The van der Waals surface area contributed by atoms with Crippen LogP contribution in [-0.2, 0) is 13.5 Å². The molecule has 3 aromatic rings. The average molecular weight is 344 g/mol. The van der Waals surface area contributed by atoms with Crippen LogP contribution in [0.5, 0.6) is 0 Å². The van der Waals surface area contributed by atoms with Gasteiger partial charge in [-0.25, -0.2) is 9.67 Å². The molecule has 0 saturated carbocycles. The summed E-state index contributed by atoms with van der Waals surface area (Å²) < 4.78 is 3.78. The highest BCUT2D eigenvalue weighted by Gasteiger charge is 2.19. The fourth-order valence-electron chi connectivity index (χ4n) is 2.48. The highest BCUT2D eigenvalue weighted by atomic mass is 35.5. The fraction of sp³-hybridized carbons (Fsp3) is 0.286. The Morgan fingerprint density at radius 2 is 2.00 bits per heavy atom.